The smallest absolute Gasteiger partial charge is 0.264 e. The Hall–Kier alpha value is -1.76. The molecule has 0 aliphatic carbocycles. The van der Waals surface area contributed by atoms with Gasteiger partial charge < -0.3 is 20.1 Å². The Morgan fingerprint density at radius 3 is 2.43 bits per heavy atom. The van der Waals surface area contributed by atoms with E-state index in [0.717, 1.165) is 6.42 Å². The molecule has 10 nitrogen and oxygen atoms in total. The molecule has 1 fully saturated rings. The molecule has 2 rings (SSSR count). The molecule has 1 saturated heterocycles. The number of β-amino-alcohol motifs (C(OH)–C–C–N with tert-alkyl or cyclic N) is 1. The summed E-state index contributed by atoms with van der Waals surface area (Å²) in [5.74, 6) is -0.502. The Morgan fingerprint density at radius 1 is 1.21 bits per heavy atom. The average Bonchev–Trinajstić information content (AvgIpc) is 2.69. The lowest BCUT2D eigenvalue weighted by Gasteiger charge is -2.41. The first-order chi connectivity index (χ1) is 13.2. The van der Waals surface area contributed by atoms with E-state index >= 15 is 0 Å². The molecule has 0 spiro atoms. The summed E-state index contributed by atoms with van der Waals surface area (Å²) in [6, 6.07) is 3.75. The number of carbonyl (C=O) groups excluding carboxylic acids is 1. The molecule has 1 heterocycles. The number of nitrogens with zero attached hydrogens (tertiary/aromatic N) is 1. The first kappa shape index (κ1) is 22.5. The van der Waals surface area contributed by atoms with E-state index in [4.69, 9.17) is 9.57 Å². The third-order valence-corrected chi connectivity index (χ3v) is 6.31. The summed E-state index contributed by atoms with van der Waals surface area (Å²) in [7, 11) is -2.84. The molecule has 1 aromatic carbocycles. The minimum atomic E-state index is -4.28. The van der Waals surface area contributed by atoms with Crippen molar-refractivity contribution in [2.24, 2.45) is 0 Å². The number of methoxy groups -OCH3 is 1. The molecule has 0 saturated carbocycles. The number of ether oxygens (including phenoxy) is 1. The maximum absolute atomic E-state index is 13.0. The Morgan fingerprint density at radius 2 is 1.86 bits per heavy atom. The maximum Gasteiger partial charge on any atom is 0.264 e. The van der Waals surface area contributed by atoms with E-state index in [1.54, 1.807) is 0 Å². The fourth-order valence-corrected chi connectivity index (χ4v) is 4.43. The predicted octanol–water partition coefficient (Wildman–Crippen LogP) is -1.00. The summed E-state index contributed by atoms with van der Waals surface area (Å²) in [5, 5.41) is 30.2. The summed E-state index contributed by atoms with van der Waals surface area (Å²) >= 11 is 0. The average molecular weight is 418 g/mol. The molecule has 0 radical (unpaired) electrons. The van der Waals surface area contributed by atoms with E-state index in [0.29, 0.717) is 16.5 Å². The largest absolute Gasteiger partial charge is 0.497 e. The third-order valence-electron chi connectivity index (χ3n) is 4.45. The van der Waals surface area contributed by atoms with E-state index in [2.05, 4.69) is 5.48 Å². The SMILES string of the molecule is CCCCONC(=O)[C@H]1[C@H](O)[C@H](O)[C@@H](O)CN1S(=O)(=O)c1ccc(OC)cc1. The van der Waals surface area contributed by atoms with Gasteiger partial charge in [0, 0.05) is 6.54 Å². The highest BCUT2D eigenvalue weighted by Gasteiger charge is 2.50. The number of piperidine rings is 1. The normalized spacial score (nSPS) is 26.0. The van der Waals surface area contributed by atoms with Gasteiger partial charge in [-0.1, -0.05) is 13.3 Å². The zero-order chi connectivity index (χ0) is 20.9. The number of aliphatic hydroxyl groups is 3. The van der Waals surface area contributed by atoms with Crippen LogP contribution >= 0.6 is 0 Å². The van der Waals surface area contributed by atoms with Gasteiger partial charge in [-0.25, -0.2) is 13.9 Å². The van der Waals surface area contributed by atoms with E-state index in [1.807, 2.05) is 6.92 Å². The van der Waals surface area contributed by atoms with Crippen molar-refractivity contribution >= 4 is 15.9 Å². The summed E-state index contributed by atoms with van der Waals surface area (Å²) in [6.45, 7) is 1.57. The number of rotatable bonds is 8. The van der Waals surface area contributed by atoms with Gasteiger partial charge in [-0.2, -0.15) is 4.31 Å². The molecule has 0 bridgehead atoms. The van der Waals surface area contributed by atoms with E-state index in [-0.39, 0.29) is 11.5 Å². The zero-order valence-electron chi connectivity index (χ0n) is 15.7. The van der Waals surface area contributed by atoms with Gasteiger partial charge in [0.05, 0.1) is 24.7 Å². The molecule has 1 aliphatic heterocycles. The summed E-state index contributed by atoms with van der Waals surface area (Å²) in [4.78, 5) is 17.3. The fourth-order valence-electron chi connectivity index (χ4n) is 2.81. The monoisotopic (exact) mass is 418 g/mol. The lowest BCUT2D eigenvalue weighted by atomic mass is 9.95. The second kappa shape index (κ2) is 9.63. The van der Waals surface area contributed by atoms with Crippen LogP contribution < -0.4 is 10.2 Å². The number of hydrogen-bond donors (Lipinski definition) is 4. The number of benzene rings is 1. The molecular formula is C17H26N2O8S. The molecule has 1 amide bonds. The highest BCUT2D eigenvalue weighted by atomic mass is 32.2. The standard InChI is InChI=1S/C17H26N2O8S/c1-3-4-9-27-18-17(23)14-16(22)15(21)13(20)10-19(14)28(24,25)12-7-5-11(26-2)6-8-12/h5-8,13-16,20-22H,3-4,9-10H2,1-2H3,(H,18,23)/t13-,14+,15+,16-/m0/s1. The van der Waals surface area contributed by atoms with Crippen LogP contribution in [0.3, 0.4) is 0 Å². The summed E-state index contributed by atoms with van der Waals surface area (Å²) in [5.41, 5.74) is 2.11. The van der Waals surface area contributed by atoms with Crippen molar-refractivity contribution in [3.05, 3.63) is 24.3 Å². The molecule has 4 atom stereocenters. The lowest BCUT2D eigenvalue weighted by Crippen LogP contribution is -2.66. The number of hydrogen-bond acceptors (Lipinski definition) is 8. The molecule has 0 unspecified atom stereocenters. The van der Waals surface area contributed by atoms with Crippen LogP contribution in [0.5, 0.6) is 5.75 Å². The van der Waals surface area contributed by atoms with Crippen LogP contribution in [0.1, 0.15) is 19.8 Å². The highest BCUT2D eigenvalue weighted by molar-refractivity contribution is 7.89. The van der Waals surface area contributed by atoms with Gasteiger partial charge in [0.1, 0.15) is 24.0 Å². The fraction of sp³-hybridized carbons (Fsp3) is 0.588. The van der Waals surface area contributed by atoms with Crippen molar-refractivity contribution in [3.63, 3.8) is 0 Å². The Bertz CT molecular complexity index is 755. The van der Waals surface area contributed by atoms with Crippen molar-refractivity contribution < 1.29 is 38.1 Å². The maximum atomic E-state index is 13.0. The molecule has 28 heavy (non-hydrogen) atoms. The third kappa shape index (κ3) is 4.80. The molecule has 4 N–H and O–H groups in total. The first-order valence-electron chi connectivity index (χ1n) is 8.85. The van der Waals surface area contributed by atoms with Crippen LogP contribution in [0.25, 0.3) is 0 Å². The molecule has 158 valence electrons. The van der Waals surface area contributed by atoms with E-state index in [9.17, 15) is 28.5 Å². The second-order valence-electron chi connectivity index (χ2n) is 6.41. The van der Waals surface area contributed by atoms with Crippen molar-refractivity contribution in [1.29, 1.82) is 0 Å². The lowest BCUT2D eigenvalue weighted by molar-refractivity contribution is -0.157. The minimum Gasteiger partial charge on any atom is -0.497 e. The van der Waals surface area contributed by atoms with E-state index < -0.39 is 46.8 Å². The topological polar surface area (TPSA) is 146 Å². The van der Waals surface area contributed by atoms with Crippen molar-refractivity contribution in [1.82, 2.24) is 9.79 Å². The van der Waals surface area contributed by atoms with Crippen molar-refractivity contribution in [3.8, 4) is 5.75 Å². The number of unbranched alkanes of at least 4 members (excludes halogenated alkanes) is 1. The van der Waals surface area contributed by atoms with Crippen LogP contribution in [0.2, 0.25) is 0 Å². The Labute approximate surface area is 163 Å². The van der Waals surface area contributed by atoms with Gasteiger partial charge in [-0.3, -0.25) is 9.63 Å². The quantitative estimate of drug-likeness (QED) is 0.311. The molecule has 0 aromatic heterocycles. The summed E-state index contributed by atoms with van der Waals surface area (Å²) < 4.78 is 31.7. The van der Waals surface area contributed by atoms with Gasteiger partial charge in [0.15, 0.2) is 0 Å². The first-order valence-corrected chi connectivity index (χ1v) is 10.3. The number of hydroxylamine groups is 1. The summed E-state index contributed by atoms with van der Waals surface area (Å²) in [6.07, 6.45) is -3.60. The predicted molar refractivity (Wildman–Crippen MR) is 97.7 cm³/mol. The van der Waals surface area contributed by atoms with Crippen molar-refractivity contribution in [2.45, 2.75) is 49.0 Å². The van der Waals surface area contributed by atoms with Crippen LogP contribution in [-0.4, -0.2) is 78.6 Å². The Kier molecular flexibility index (Phi) is 7.75. The molecule has 11 heteroatoms. The Balaban J connectivity index is 2.31. The number of aliphatic hydroxyl groups excluding tert-OH is 3. The van der Waals surface area contributed by atoms with Crippen LogP contribution in [0.15, 0.2) is 29.2 Å². The van der Waals surface area contributed by atoms with E-state index in [1.165, 1.54) is 31.4 Å². The van der Waals surface area contributed by atoms with Gasteiger partial charge in [0.25, 0.3) is 5.91 Å². The number of carbonyl (C=O) groups is 1. The van der Waals surface area contributed by atoms with Gasteiger partial charge in [0.2, 0.25) is 10.0 Å². The zero-order valence-corrected chi connectivity index (χ0v) is 16.5. The van der Waals surface area contributed by atoms with Gasteiger partial charge in [-0.15, -0.1) is 0 Å². The number of amides is 1. The molecule has 1 aromatic rings. The molecule has 1 aliphatic rings. The number of sulfonamides is 1. The van der Waals surface area contributed by atoms with Crippen LogP contribution in [0.4, 0.5) is 0 Å². The van der Waals surface area contributed by atoms with Crippen LogP contribution in [-0.2, 0) is 19.7 Å². The van der Waals surface area contributed by atoms with Gasteiger partial charge in [-0.05, 0) is 30.7 Å². The highest BCUT2D eigenvalue weighted by Crippen LogP contribution is 2.27. The van der Waals surface area contributed by atoms with Crippen molar-refractivity contribution in [2.75, 3.05) is 20.3 Å². The minimum absolute atomic E-state index is 0.159. The molecular weight excluding hydrogens is 392 g/mol. The van der Waals surface area contributed by atoms with Crippen LogP contribution in [0, 0.1) is 0 Å². The van der Waals surface area contributed by atoms with Gasteiger partial charge >= 0.3 is 0 Å². The second-order valence-corrected chi connectivity index (χ2v) is 8.30. The number of nitrogens with one attached hydrogen (secondary N) is 1.